The number of carbonyl (C=O) groups is 3. The minimum atomic E-state index is -0.675. The normalized spacial score (nSPS) is 15.1. The summed E-state index contributed by atoms with van der Waals surface area (Å²) in [5, 5.41) is 0.559. The minimum absolute atomic E-state index is 0.00530. The van der Waals surface area contributed by atoms with E-state index in [1.165, 1.54) is 0 Å². The molecule has 1 heterocycles. The smallest absolute Gasteiger partial charge is 0.355 e. The van der Waals surface area contributed by atoms with E-state index in [1.807, 2.05) is 18.4 Å². The first-order valence-corrected chi connectivity index (χ1v) is 12.6. The number of nitrogens with zero attached hydrogens (tertiary/aromatic N) is 2. The van der Waals surface area contributed by atoms with Crippen molar-refractivity contribution >= 4 is 29.3 Å². The fourth-order valence-corrected chi connectivity index (χ4v) is 5.34. The minimum Gasteiger partial charge on any atom is -0.461 e. The van der Waals surface area contributed by atoms with Crippen molar-refractivity contribution in [2.24, 2.45) is 0 Å². The summed E-state index contributed by atoms with van der Waals surface area (Å²) in [6, 6.07) is 6.13. The quantitative estimate of drug-likeness (QED) is 0.339. The van der Waals surface area contributed by atoms with Gasteiger partial charge < -0.3 is 14.2 Å². The molecule has 1 fully saturated rings. The number of Topliss-reactive ketones (excluding diaryl/α,β-unsaturated/α-hetero) is 1. The van der Waals surface area contributed by atoms with Gasteiger partial charge in [-0.05, 0) is 77.3 Å². The third-order valence-electron chi connectivity index (χ3n) is 6.89. The molecule has 1 aliphatic carbocycles. The summed E-state index contributed by atoms with van der Waals surface area (Å²) in [6.07, 6.45) is 4.96. The molecule has 0 aliphatic heterocycles. The van der Waals surface area contributed by atoms with E-state index >= 15 is 0 Å². The molecular formula is C27H35ClN2O4. The highest BCUT2D eigenvalue weighted by atomic mass is 35.5. The van der Waals surface area contributed by atoms with Gasteiger partial charge in [-0.1, -0.05) is 30.9 Å². The highest BCUT2D eigenvalue weighted by Gasteiger charge is 2.37. The first-order chi connectivity index (χ1) is 16.2. The number of halogens is 1. The van der Waals surface area contributed by atoms with Crippen LogP contribution in [0.15, 0.2) is 24.3 Å². The number of esters is 1. The van der Waals surface area contributed by atoms with Crippen LogP contribution in [0, 0.1) is 13.8 Å². The van der Waals surface area contributed by atoms with Gasteiger partial charge in [0.15, 0.2) is 5.78 Å². The molecule has 0 spiro atoms. The number of carbonyl (C=O) groups excluding carboxylic acids is 3. The predicted octanol–water partition coefficient (Wildman–Crippen LogP) is 6.00. The monoisotopic (exact) mass is 486 g/mol. The molecule has 1 saturated carbocycles. The van der Waals surface area contributed by atoms with Crippen molar-refractivity contribution in [3.8, 4) is 0 Å². The lowest BCUT2D eigenvalue weighted by Crippen LogP contribution is -2.50. The van der Waals surface area contributed by atoms with Gasteiger partial charge in [0.05, 0.1) is 12.6 Å². The Kier molecular flexibility index (Phi) is 8.58. The Balaban J connectivity index is 2.03. The lowest BCUT2D eigenvalue weighted by Gasteiger charge is -2.38. The maximum Gasteiger partial charge on any atom is 0.355 e. The molecule has 2 aromatic rings. The van der Waals surface area contributed by atoms with Gasteiger partial charge >= 0.3 is 5.97 Å². The van der Waals surface area contributed by atoms with E-state index in [0.29, 0.717) is 34.0 Å². The zero-order chi connectivity index (χ0) is 25.0. The average Bonchev–Trinajstić information content (AvgIpc) is 3.09. The van der Waals surface area contributed by atoms with Crippen molar-refractivity contribution in [2.75, 3.05) is 6.61 Å². The van der Waals surface area contributed by atoms with E-state index in [0.717, 1.165) is 37.8 Å². The Morgan fingerprint density at radius 3 is 2.26 bits per heavy atom. The average molecular weight is 487 g/mol. The van der Waals surface area contributed by atoms with Gasteiger partial charge in [0.1, 0.15) is 5.69 Å². The largest absolute Gasteiger partial charge is 0.461 e. The second kappa shape index (κ2) is 11.2. The molecule has 1 aromatic carbocycles. The summed E-state index contributed by atoms with van der Waals surface area (Å²) >= 11 is 6.03. The zero-order valence-electron chi connectivity index (χ0n) is 20.8. The molecule has 0 saturated heterocycles. The van der Waals surface area contributed by atoms with E-state index in [1.54, 1.807) is 49.9 Å². The van der Waals surface area contributed by atoms with Gasteiger partial charge in [-0.3, -0.25) is 9.59 Å². The van der Waals surface area contributed by atoms with Crippen molar-refractivity contribution in [2.45, 2.75) is 85.4 Å². The molecular weight excluding hydrogens is 452 g/mol. The Bertz CT molecular complexity index is 1050. The maximum absolute atomic E-state index is 13.9. The summed E-state index contributed by atoms with van der Waals surface area (Å²) < 4.78 is 7.09. The number of ether oxygens (including phenoxy) is 1. The molecule has 0 bridgehead atoms. The first kappa shape index (κ1) is 26.0. The van der Waals surface area contributed by atoms with Crippen molar-refractivity contribution in [1.82, 2.24) is 9.47 Å². The lowest BCUT2D eigenvalue weighted by atomic mass is 9.90. The van der Waals surface area contributed by atoms with Crippen LogP contribution in [0.2, 0.25) is 5.02 Å². The molecule has 3 rings (SSSR count). The van der Waals surface area contributed by atoms with E-state index in [9.17, 15) is 14.4 Å². The van der Waals surface area contributed by atoms with Gasteiger partial charge in [-0.25, -0.2) is 4.79 Å². The highest BCUT2D eigenvalue weighted by molar-refractivity contribution is 6.30. The van der Waals surface area contributed by atoms with Gasteiger partial charge in [0, 0.05) is 34.4 Å². The molecule has 0 radical (unpaired) electrons. The van der Waals surface area contributed by atoms with Crippen molar-refractivity contribution in [3.63, 3.8) is 0 Å². The van der Waals surface area contributed by atoms with Crippen LogP contribution < -0.4 is 0 Å². The summed E-state index contributed by atoms with van der Waals surface area (Å²) in [7, 11) is 0. The van der Waals surface area contributed by atoms with Crippen LogP contribution >= 0.6 is 11.6 Å². The summed E-state index contributed by atoms with van der Waals surface area (Å²) in [5.74, 6) is -0.751. The second-order valence-electron chi connectivity index (χ2n) is 8.95. The molecule has 1 unspecified atom stereocenters. The van der Waals surface area contributed by atoms with Crippen molar-refractivity contribution in [3.05, 3.63) is 57.4 Å². The molecule has 6 nitrogen and oxygen atoms in total. The third kappa shape index (κ3) is 5.07. The summed E-state index contributed by atoms with van der Waals surface area (Å²) in [5.41, 5.74) is 2.76. The van der Waals surface area contributed by atoms with Gasteiger partial charge in [-0.2, -0.15) is 0 Å². The van der Waals surface area contributed by atoms with Crippen molar-refractivity contribution < 1.29 is 19.1 Å². The number of hydrogen-bond acceptors (Lipinski definition) is 4. The van der Waals surface area contributed by atoms with Crippen LogP contribution in [0.5, 0.6) is 0 Å². The van der Waals surface area contributed by atoms with Crippen LogP contribution in [-0.2, 0) is 11.3 Å². The second-order valence-corrected chi connectivity index (χ2v) is 9.39. The molecule has 34 heavy (non-hydrogen) atoms. The van der Waals surface area contributed by atoms with Gasteiger partial charge in [0.25, 0.3) is 5.91 Å². The van der Waals surface area contributed by atoms with Crippen LogP contribution in [0.3, 0.4) is 0 Å². The van der Waals surface area contributed by atoms with E-state index in [2.05, 4.69) is 0 Å². The van der Waals surface area contributed by atoms with E-state index < -0.39 is 12.0 Å². The SMILES string of the molecule is CCOC(=O)c1c(C)c(C(=O)C(C)N(C(=O)c2ccc(Cl)cc2)C2CCCCC2)c(C)n1CC. The summed E-state index contributed by atoms with van der Waals surface area (Å²) in [4.78, 5) is 42.1. The number of benzene rings is 1. The number of aromatic nitrogens is 1. The topological polar surface area (TPSA) is 68.6 Å². The Morgan fingerprint density at radius 1 is 1.09 bits per heavy atom. The molecule has 0 N–H and O–H groups in total. The Labute approximate surface area is 207 Å². The van der Waals surface area contributed by atoms with Crippen LogP contribution in [0.25, 0.3) is 0 Å². The van der Waals surface area contributed by atoms with E-state index in [-0.39, 0.29) is 24.3 Å². The Morgan fingerprint density at radius 2 is 1.71 bits per heavy atom. The van der Waals surface area contributed by atoms with Crippen LogP contribution in [0.1, 0.15) is 95.3 Å². The molecule has 1 atom stereocenters. The summed E-state index contributed by atoms with van der Waals surface area (Å²) in [6.45, 7) is 9.94. The number of amides is 1. The molecule has 1 aromatic heterocycles. The fraction of sp³-hybridized carbons (Fsp3) is 0.519. The standard InChI is InChI=1S/C27H35ClN2O4/c1-6-29-18(4)23(17(3)24(29)27(33)34-7-2)25(31)19(5)30(22-11-9-8-10-12-22)26(32)20-13-15-21(28)16-14-20/h13-16,19,22H,6-12H2,1-5H3. The molecule has 1 amide bonds. The Hall–Kier alpha value is -2.60. The molecule has 1 aliphatic rings. The maximum atomic E-state index is 13.9. The van der Waals surface area contributed by atoms with Crippen molar-refractivity contribution in [1.29, 1.82) is 0 Å². The number of ketones is 1. The van der Waals surface area contributed by atoms with E-state index in [4.69, 9.17) is 16.3 Å². The third-order valence-corrected chi connectivity index (χ3v) is 7.14. The van der Waals surface area contributed by atoms with Gasteiger partial charge in [-0.15, -0.1) is 0 Å². The molecule has 7 heteroatoms. The zero-order valence-corrected chi connectivity index (χ0v) is 21.6. The predicted molar refractivity (Wildman–Crippen MR) is 134 cm³/mol. The first-order valence-electron chi connectivity index (χ1n) is 12.2. The van der Waals surface area contributed by atoms with Gasteiger partial charge in [0.2, 0.25) is 0 Å². The van der Waals surface area contributed by atoms with Crippen LogP contribution in [-0.4, -0.2) is 45.8 Å². The number of hydrogen-bond donors (Lipinski definition) is 0. The highest BCUT2D eigenvalue weighted by Crippen LogP contribution is 2.30. The molecule has 184 valence electrons. The lowest BCUT2D eigenvalue weighted by molar-refractivity contribution is 0.0485. The number of rotatable bonds is 8. The van der Waals surface area contributed by atoms with Crippen LogP contribution in [0.4, 0.5) is 0 Å². The fourth-order valence-electron chi connectivity index (χ4n) is 5.21.